The standard InChI is InChI=1S/C49H78N6O12/c1-14-29(8)40-38(56)25-39(57)67-43(28(6)7)42(58)30(9)44(59)51-35(23-27(4)5)47(62)55-21-15-16-36(55)48(63)54(12)37(24-32-17-19-33(65-13)20-18-32)49(64)66-31(10)41(46(61)52-40)53-45(60)34(50-11)22-26(2)3/h17-20,26-31,34-38,40-41,43,50,56H,14-16,21-25H2,1-13H3,(H,51,59)(H,52,61)(H,53,60)/t29-,30+,31+,34+,35-,36-,37-,38-,40+,41-,43-/m0/s1. The van der Waals surface area contributed by atoms with Gasteiger partial charge >= 0.3 is 11.9 Å². The van der Waals surface area contributed by atoms with Crippen LogP contribution in [-0.4, -0.2) is 144 Å². The van der Waals surface area contributed by atoms with Gasteiger partial charge < -0.3 is 50.4 Å². The van der Waals surface area contributed by atoms with Gasteiger partial charge in [-0.3, -0.25) is 33.6 Å². The second kappa shape index (κ2) is 25.9. The molecule has 0 spiro atoms. The number of hydrogen-bond acceptors (Lipinski definition) is 13. The highest BCUT2D eigenvalue weighted by Gasteiger charge is 2.44. The number of aliphatic hydroxyl groups is 1. The van der Waals surface area contributed by atoms with Gasteiger partial charge in [0.05, 0.1) is 37.6 Å². The number of ether oxygens (including phenoxy) is 3. The lowest BCUT2D eigenvalue weighted by Gasteiger charge is -2.35. The fraction of sp³-hybridized carbons (Fsp3) is 0.714. The Labute approximate surface area is 396 Å². The summed E-state index contributed by atoms with van der Waals surface area (Å²) in [5.74, 6) is -7.71. The molecule has 0 saturated carbocycles. The third kappa shape index (κ3) is 15.5. The number of carbonyl (C=O) groups is 8. The quantitative estimate of drug-likeness (QED) is 0.142. The summed E-state index contributed by atoms with van der Waals surface area (Å²) >= 11 is 0. The molecule has 0 aromatic heterocycles. The minimum Gasteiger partial charge on any atom is -0.497 e. The van der Waals surface area contributed by atoms with Crippen molar-refractivity contribution in [3.05, 3.63) is 29.8 Å². The van der Waals surface area contributed by atoms with Crippen LogP contribution < -0.4 is 26.0 Å². The number of rotatable bonds is 13. The van der Waals surface area contributed by atoms with Crippen molar-refractivity contribution in [2.75, 3.05) is 27.7 Å². The number of benzene rings is 1. The maximum absolute atomic E-state index is 14.7. The van der Waals surface area contributed by atoms with Crippen LogP contribution >= 0.6 is 0 Å². The molecule has 376 valence electrons. The molecule has 67 heavy (non-hydrogen) atoms. The first-order valence-corrected chi connectivity index (χ1v) is 23.9. The number of cyclic esters (lactones) is 2. The predicted octanol–water partition coefficient (Wildman–Crippen LogP) is 2.71. The van der Waals surface area contributed by atoms with Gasteiger partial charge in [-0.2, -0.15) is 0 Å². The lowest BCUT2D eigenvalue weighted by Crippen LogP contribution is -2.61. The monoisotopic (exact) mass is 943 g/mol. The Balaban J connectivity index is 2.23. The third-order valence-corrected chi connectivity index (χ3v) is 12.9. The van der Waals surface area contributed by atoms with Crippen molar-refractivity contribution in [2.24, 2.45) is 29.6 Å². The summed E-state index contributed by atoms with van der Waals surface area (Å²) in [5.41, 5.74) is 0.631. The number of fused-ring (bicyclic) bond motifs is 1. The largest absolute Gasteiger partial charge is 0.497 e. The molecular weight excluding hydrogens is 865 g/mol. The van der Waals surface area contributed by atoms with Crippen molar-refractivity contribution < 1.29 is 57.7 Å². The number of nitrogens with zero attached hydrogens (tertiary/aromatic N) is 2. The van der Waals surface area contributed by atoms with Gasteiger partial charge in [0.25, 0.3) is 0 Å². The van der Waals surface area contributed by atoms with Gasteiger partial charge in [-0.1, -0.05) is 73.9 Å². The lowest BCUT2D eigenvalue weighted by molar-refractivity contribution is -0.163. The molecule has 18 heteroatoms. The second-order valence-electron chi connectivity index (χ2n) is 19.5. The molecular formula is C49H78N6O12. The summed E-state index contributed by atoms with van der Waals surface area (Å²) in [7, 11) is 4.56. The number of aliphatic hydroxyl groups excluding tert-OH is 1. The molecule has 5 amide bonds. The number of methoxy groups -OCH3 is 1. The van der Waals surface area contributed by atoms with Gasteiger partial charge in [0, 0.05) is 20.0 Å². The highest BCUT2D eigenvalue weighted by molar-refractivity contribution is 6.05. The van der Waals surface area contributed by atoms with Crippen molar-refractivity contribution in [1.82, 2.24) is 31.1 Å². The molecule has 3 rings (SSSR count). The van der Waals surface area contributed by atoms with E-state index in [1.807, 2.05) is 34.6 Å². The van der Waals surface area contributed by atoms with Crippen LogP contribution in [0.25, 0.3) is 0 Å². The van der Waals surface area contributed by atoms with Crippen LogP contribution in [0, 0.1) is 29.6 Å². The zero-order chi connectivity index (χ0) is 50.4. The first kappa shape index (κ1) is 56.2. The number of carbonyl (C=O) groups excluding carboxylic acids is 8. The molecule has 0 bridgehead atoms. The topological polar surface area (TPSA) is 239 Å². The van der Waals surface area contributed by atoms with E-state index in [9.17, 15) is 43.5 Å². The van der Waals surface area contributed by atoms with Crippen molar-refractivity contribution in [1.29, 1.82) is 0 Å². The average molecular weight is 943 g/mol. The van der Waals surface area contributed by atoms with E-state index in [0.717, 1.165) is 0 Å². The van der Waals surface area contributed by atoms with Gasteiger partial charge in [0.1, 0.15) is 36.0 Å². The number of amides is 5. The highest BCUT2D eigenvalue weighted by Crippen LogP contribution is 2.26. The van der Waals surface area contributed by atoms with Crippen LogP contribution in [0.5, 0.6) is 5.75 Å². The van der Waals surface area contributed by atoms with E-state index >= 15 is 0 Å². The van der Waals surface area contributed by atoms with Crippen molar-refractivity contribution in [2.45, 2.75) is 169 Å². The summed E-state index contributed by atoms with van der Waals surface area (Å²) in [4.78, 5) is 116. The number of ketones is 1. The second-order valence-corrected chi connectivity index (χ2v) is 19.5. The Hall–Kier alpha value is -5.10. The van der Waals surface area contributed by atoms with E-state index in [1.54, 1.807) is 52.1 Å². The number of Topliss-reactive ketones (excluding diaryl/α,β-unsaturated/α-hetero) is 1. The Morgan fingerprint density at radius 3 is 2.10 bits per heavy atom. The first-order chi connectivity index (χ1) is 31.4. The smallest absolute Gasteiger partial charge is 0.329 e. The van der Waals surface area contributed by atoms with Gasteiger partial charge in [0.2, 0.25) is 29.5 Å². The molecule has 5 N–H and O–H groups in total. The minimum absolute atomic E-state index is 0.0500. The van der Waals surface area contributed by atoms with Crippen LogP contribution in [0.1, 0.15) is 113 Å². The molecule has 2 fully saturated rings. The van der Waals surface area contributed by atoms with E-state index < -0.39 is 126 Å². The summed E-state index contributed by atoms with van der Waals surface area (Å²) in [6, 6.07) is 0.0322. The summed E-state index contributed by atoms with van der Waals surface area (Å²) in [5, 5.41) is 22.9. The van der Waals surface area contributed by atoms with Gasteiger partial charge in [0.15, 0.2) is 11.9 Å². The zero-order valence-corrected chi connectivity index (χ0v) is 41.9. The van der Waals surface area contributed by atoms with E-state index in [-0.39, 0.29) is 37.6 Å². The molecule has 0 unspecified atom stereocenters. The average Bonchev–Trinajstić information content (AvgIpc) is 3.77. The summed E-state index contributed by atoms with van der Waals surface area (Å²) < 4.78 is 17.1. The molecule has 2 saturated heterocycles. The minimum atomic E-state index is -1.55. The Bertz CT molecular complexity index is 1870. The van der Waals surface area contributed by atoms with Crippen molar-refractivity contribution in [3.8, 4) is 5.75 Å². The Morgan fingerprint density at radius 2 is 1.55 bits per heavy atom. The molecule has 0 radical (unpaired) electrons. The number of nitrogens with one attached hydrogen (secondary N) is 4. The van der Waals surface area contributed by atoms with Gasteiger partial charge in [-0.25, -0.2) is 4.79 Å². The van der Waals surface area contributed by atoms with E-state index in [4.69, 9.17) is 14.2 Å². The van der Waals surface area contributed by atoms with E-state index in [1.165, 1.54) is 37.8 Å². The normalized spacial score (nSPS) is 27.8. The SMILES string of the molecule is CC[C@H](C)[C@H]1NC(=O)[C@@H](NC(=O)[C@@H](CC(C)C)NC)[C@@H](C)OC(=O)[C@H](Cc2ccc(OC)cc2)N(C)C(=O)[C@@H]2CCCN2C(=O)[C@H](CC(C)C)NC(=O)[C@H](C)C(=O)[C@H](C(C)C)OC(=O)C[C@@H]1O. The van der Waals surface area contributed by atoms with E-state index in [2.05, 4.69) is 21.3 Å². The van der Waals surface area contributed by atoms with Crippen molar-refractivity contribution in [3.63, 3.8) is 0 Å². The maximum Gasteiger partial charge on any atom is 0.329 e. The van der Waals surface area contributed by atoms with Crippen molar-refractivity contribution >= 4 is 47.3 Å². The lowest BCUT2D eigenvalue weighted by atomic mass is 9.91. The summed E-state index contributed by atoms with van der Waals surface area (Å²) in [6.45, 7) is 17.4. The number of hydrogen-bond donors (Lipinski definition) is 5. The zero-order valence-electron chi connectivity index (χ0n) is 41.9. The fourth-order valence-electron chi connectivity index (χ4n) is 8.55. The molecule has 1 aromatic carbocycles. The Morgan fingerprint density at radius 1 is 0.910 bits per heavy atom. The number of esters is 2. The molecule has 2 aliphatic rings. The third-order valence-electron chi connectivity index (χ3n) is 12.9. The molecule has 11 atom stereocenters. The van der Waals surface area contributed by atoms with Gasteiger partial charge in [-0.05, 0) is 87.9 Å². The fourth-order valence-corrected chi connectivity index (χ4v) is 8.55. The Kier molecular flexibility index (Phi) is 21.7. The highest BCUT2D eigenvalue weighted by atomic mass is 16.6. The summed E-state index contributed by atoms with van der Waals surface area (Å²) in [6.07, 6.45) is -3.30. The van der Waals surface area contributed by atoms with Crippen LogP contribution in [0.2, 0.25) is 0 Å². The number of likely N-dealkylation sites (N-methyl/N-ethyl adjacent to an activating group) is 2. The van der Waals surface area contributed by atoms with Crippen LogP contribution in [0.4, 0.5) is 0 Å². The predicted molar refractivity (Wildman–Crippen MR) is 250 cm³/mol. The molecule has 2 heterocycles. The molecule has 0 aliphatic carbocycles. The van der Waals surface area contributed by atoms with Gasteiger partial charge in [-0.15, -0.1) is 0 Å². The van der Waals surface area contributed by atoms with Crippen LogP contribution in [-0.2, 0) is 54.3 Å². The molecule has 18 nitrogen and oxygen atoms in total. The first-order valence-electron chi connectivity index (χ1n) is 23.9. The molecule has 2 aliphatic heterocycles. The maximum atomic E-state index is 14.7. The van der Waals surface area contributed by atoms with Crippen LogP contribution in [0.3, 0.4) is 0 Å². The van der Waals surface area contributed by atoms with E-state index in [0.29, 0.717) is 30.6 Å². The van der Waals surface area contributed by atoms with Crippen LogP contribution in [0.15, 0.2) is 24.3 Å². The molecule has 1 aromatic rings.